The number of carbonyl (C=O) groups excluding carboxylic acids is 1. The number of nitrogens with zero attached hydrogens (tertiary/aromatic N) is 1. The number of aryl methyl sites for hydroxylation is 1. The van der Waals surface area contributed by atoms with Crippen LogP contribution < -0.4 is 5.73 Å². The van der Waals surface area contributed by atoms with Gasteiger partial charge in [-0.05, 0) is 43.9 Å². The van der Waals surface area contributed by atoms with Crippen LogP contribution in [0.4, 0.5) is 10.1 Å². The molecule has 2 aliphatic rings. The lowest BCUT2D eigenvalue weighted by Gasteiger charge is -2.37. The third kappa shape index (κ3) is 2.16. The van der Waals surface area contributed by atoms with Gasteiger partial charge in [0, 0.05) is 12.2 Å². The molecule has 2 N–H and O–H groups in total. The van der Waals surface area contributed by atoms with E-state index >= 15 is 0 Å². The van der Waals surface area contributed by atoms with Gasteiger partial charge in [-0.1, -0.05) is 0 Å². The summed E-state index contributed by atoms with van der Waals surface area (Å²) in [6.07, 6.45) is 3.07. The summed E-state index contributed by atoms with van der Waals surface area (Å²) >= 11 is 0. The summed E-state index contributed by atoms with van der Waals surface area (Å²) in [5.74, 6) is -0.733. The number of fused-ring (bicyclic) bond motifs is 1. The summed E-state index contributed by atoms with van der Waals surface area (Å²) in [7, 11) is 0. The van der Waals surface area contributed by atoms with Gasteiger partial charge in [-0.25, -0.2) is 4.39 Å². The molecule has 1 heterocycles. The number of ether oxygens (including phenoxy) is 1. The van der Waals surface area contributed by atoms with Crippen molar-refractivity contribution in [2.75, 3.05) is 18.9 Å². The van der Waals surface area contributed by atoms with E-state index in [4.69, 9.17) is 10.5 Å². The van der Waals surface area contributed by atoms with Gasteiger partial charge < -0.3 is 15.4 Å². The van der Waals surface area contributed by atoms with E-state index < -0.39 is 5.82 Å². The first-order valence-corrected chi connectivity index (χ1v) is 7.06. The van der Waals surface area contributed by atoms with Crippen molar-refractivity contribution in [3.63, 3.8) is 0 Å². The Morgan fingerprint density at radius 3 is 3.05 bits per heavy atom. The van der Waals surface area contributed by atoms with Crippen molar-refractivity contribution in [1.29, 1.82) is 0 Å². The molecule has 1 amide bonds. The van der Waals surface area contributed by atoms with Crippen LogP contribution in [0.1, 0.15) is 35.2 Å². The zero-order chi connectivity index (χ0) is 14.3. The minimum atomic E-state index is -0.467. The fraction of sp³-hybridized carbons (Fsp3) is 0.533. The van der Waals surface area contributed by atoms with E-state index in [-0.39, 0.29) is 23.6 Å². The highest BCUT2D eigenvalue weighted by Crippen LogP contribution is 2.31. The van der Waals surface area contributed by atoms with Gasteiger partial charge in [-0.2, -0.15) is 0 Å². The molecule has 3 rings (SSSR count). The maximum absolute atomic E-state index is 14.2. The molecule has 1 aliphatic heterocycles. The van der Waals surface area contributed by atoms with Crippen molar-refractivity contribution in [2.45, 2.75) is 38.3 Å². The van der Waals surface area contributed by atoms with Crippen molar-refractivity contribution in [1.82, 2.24) is 4.90 Å². The van der Waals surface area contributed by atoms with Gasteiger partial charge in [0.15, 0.2) is 0 Å². The monoisotopic (exact) mass is 278 g/mol. The van der Waals surface area contributed by atoms with E-state index in [0.717, 1.165) is 19.3 Å². The second-order valence-electron chi connectivity index (χ2n) is 5.61. The molecule has 2 unspecified atom stereocenters. The summed E-state index contributed by atoms with van der Waals surface area (Å²) in [5.41, 5.74) is 6.65. The largest absolute Gasteiger partial charge is 0.399 e. The highest BCUT2D eigenvalue weighted by atomic mass is 19.1. The van der Waals surface area contributed by atoms with E-state index in [1.165, 1.54) is 6.07 Å². The van der Waals surface area contributed by atoms with Crippen molar-refractivity contribution < 1.29 is 13.9 Å². The number of amides is 1. The fourth-order valence-corrected chi connectivity index (χ4v) is 3.29. The van der Waals surface area contributed by atoms with Gasteiger partial charge in [0.25, 0.3) is 5.91 Å². The van der Waals surface area contributed by atoms with Crippen LogP contribution in [0.2, 0.25) is 0 Å². The summed E-state index contributed by atoms with van der Waals surface area (Å²) in [4.78, 5) is 14.4. The lowest BCUT2D eigenvalue weighted by molar-refractivity contribution is -0.0446. The molecule has 2 fully saturated rings. The first-order chi connectivity index (χ1) is 9.58. The fourth-order valence-electron chi connectivity index (χ4n) is 3.29. The molecule has 0 aromatic heterocycles. The molecule has 1 aromatic rings. The van der Waals surface area contributed by atoms with Gasteiger partial charge in [0.1, 0.15) is 5.82 Å². The molecule has 108 valence electrons. The molecular weight excluding hydrogens is 259 g/mol. The molecular formula is C15H19FN2O2. The molecule has 0 bridgehead atoms. The number of halogens is 1. The normalized spacial score (nSPS) is 25.6. The second-order valence-corrected chi connectivity index (χ2v) is 5.61. The average molecular weight is 278 g/mol. The number of carbonyl (C=O) groups is 1. The number of rotatable bonds is 1. The maximum Gasteiger partial charge on any atom is 0.257 e. The van der Waals surface area contributed by atoms with E-state index in [1.54, 1.807) is 17.9 Å². The Balaban J connectivity index is 1.92. The summed E-state index contributed by atoms with van der Waals surface area (Å²) in [5, 5.41) is 0. The zero-order valence-corrected chi connectivity index (χ0v) is 11.6. The third-order valence-corrected chi connectivity index (χ3v) is 4.25. The molecule has 1 aliphatic carbocycles. The van der Waals surface area contributed by atoms with Crippen molar-refractivity contribution in [3.05, 3.63) is 29.1 Å². The van der Waals surface area contributed by atoms with Crippen LogP contribution in [0, 0.1) is 12.7 Å². The molecule has 0 radical (unpaired) electrons. The topological polar surface area (TPSA) is 55.6 Å². The van der Waals surface area contributed by atoms with Crippen LogP contribution in [0.5, 0.6) is 0 Å². The Morgan fingerprint density at radius 1 is 1.45 bits per heavy atom. The van der Waals surface area contributed by atoms with Crippen LogP contribution in [-0.2, 0) is 4.74 Å². The lowest BCUT2D eigenvalue weighted by Crippen LogP contribution is -2.51. The van der Waals surface area contributed by atoms with E-state index in [2.05, 4.69) is 0 Å². The third-order valence-electron chi connectivity index (χ3n) is 4.25. The highest BCUT2D eigenvalue weighted by molar-refractivity contribution is 5.96. The SMILES string of the molecule is Cc1cc(N)cc(C(=O)N2CCOC3CCCC32)c1F. The number of benzene rings is 1. The number of nitrogens with two attached hydrogens (primary N) is 1. The predicted molar refractivity (Wildman–Crippen MR) is 74.0 cm³/mol. The molecule has 2 atom stereocenters. The van der Waals surface area contributed by atoms with Crippen LogP contribution in [0.15, 0.2) is 12.1 Å². The van der Waals surface area contributed by atoms with Crippen molar-refractivity contribution in [2.24, 2.45) is 0 Å². The summed E-state index contributed by atoms with van der Waals surface area (Å²) < 4.78 is 19.9. The second kappa shape index (κ2) is 5.05. The van der Waals surface area contributed by atoms with E-state index in [0.29, 0.717) is 24.4 Å². The first kappa shape index (κ1) is 13.4. The number of nitrogen functional groups attached to an aromatic ring is 1. The Bertz CT molecular complexity index is 547. The lowest BCUT2D eigenvalue weighted by atomic mass is 10.0. The van der Waals surface area contributed by atoms with Crippen molar-refractivity contribution >= 4 is 11.6 Å². The summed E-state index contributed by atoms with van der Waals surface area (Å²) in [6, 6.07) is 3.06. The summed E-state index contributed by atoms with van der Waals surface area (Å²) in [6.45, 7) is 2.67. The molecule has 20 heavy (non-hydrogen) atoms. The predicted octanol–water partition coefficient (Wildman–Crippen LogP) is 2.11. The Morgan fingerprint density at radius 2 is 2.25 bits per heavy atom. The molecule has 4 nitrogen and oxygen atoms in total. The highest BCUT2D eigenvalue weighted by Gasteiger charge is 2.39. The Kier molecular flexibility index (Phi) is 3.38. The quantitative estimate of drug-likeness (QED) is 0.800. The van der Waals surface area contributed by atoms with Gasteiger partial charge in [-0.15, -0.1) is 0 Å². The van der Waals surface area contributed by atoms with Crippen LogP contribution >= 0.6 is 0 Å². The van der Waals surface area contributed by atoms with Gasteiger partial charge in [0.05, 0.1) is 24.3 Å². The number of hydrogen-bond acceptors (Lipinski definition) is 3. The van der Waals surface area contributed by atoms with E-state index in [1.807, 2.05) is 0 Å². The van der Waals surface area contributed by atoms with Crippen LogP contribution in [0.25, 0.3) is 0 Å². The van der Waals surface area contributed by atoms with Gasteiger partial charge >= 0.3 is 0 Å². The minimum absolute atomic E-state index is 0.0788. The standard InChI is InChI=1S/C15H19FN2O2/c1-9-7-10(17)8-11(14(9)16)15(19)18-5-6-20-13-4-2-3-12(13)18/h7-8,12-13H,2-6,17H2,1H3. The Labute approximate surface area is 117 Å². The Hall–Kier alpha value is -1.62. The van der Waals surface area contributed by atoms with Gasteiger partial charge in [0.2, 0.25) is 0 Å². The molecule has 1 aromatic carbocycles. The van der Waals surface area contributed by atoms with Crippen molar-refractivity contribution in [3.8, 4) is 0 Å². The molecule has 5 heteroatoms. The average Bonchev–Trinajstić information content (AvgIpc) is 2.90. The minimum Gasteiger partial charge on any atom is -0.399 e. The van der Waals surface area contributed by atoms with Crippen LogP contribution in [-0.4, -0.2) is 36.1 Å². The number of hydrogen-bond donors (Lipinski definition) is 1. The maximum atomic E-state index is 14.2. The van der Waals surface area contributed by atoms with Crippen LogP contribution in [0.3, 0.4) is 0 Å². The first-order valence-electron chi connectivity index (χ1n) is 7.06. The number of anilines is 1. The molecule has 1 saturated carbocycles. The molecule has 1 saturated heterocycles. The molecule has 0 spiro atoms. The number of morpholine rings is 1. The zero-order valence-electron chi connectivity index (χ0n) is 11.6. The van der Waals surface area contributed by atoms with E-state index in [9.17, 15) is 9.18 Å². The smallest absolute Gasteiger partial charge is 0.257 e. The van der Waals surface area contributed by atoms with Gasteiger partial charge in [-0.3, -0.25) is 4.79 Å².